The quantitative estimate of drug-likeness (QED) is 0.420. The first-order chi connectivity index (χ1) is 13.7. The Morgan fingerprint density at radius 1 is 1.00 bits per heavy atom. The van der Waals surface area contributed by atoms with Crippen molar-refractivity contribution in [2.24, 2.45) is 0 Å². The van der Waals surface area contributed by atoms with Gasteiger partial charge < -0.3 is 5.32 Å². The summed E-state index contributed by atoms with van der Waals surface area (Å²) in [6, 6.07) is 19.2. The van der Waals surface area contributed by atoms with E-state index < -0.39 is 0 Å². The van der Waals surface area contributed by atoms with Crippen LogP contribution in [0.15, 0.2) is 64.5 Å². The number of H-pyrrole nitrogens is 1. The Bertz CT molecular complexity index is 1160. The minimum atomic E-state index is 0.669. The van der Waals surface area contributed by atoms with Crippen LogP contribution < -0.4 is 5.32 Å². The summed E-state index contributed by atoms with van der Waals surface area (Å²) >= 11 is 1.69. The standard InChI is InChI=1S/C23H22N4S/c1-14-15(2)24-23(28-19-10-9-16-5-3-4-6-18(16)11-19)13-20(14)25-22-12-21(26-27-22)17-7-8-17/h3-6,9-13,17H,7-8H2,1-2H3,(H2,24,25,26,27). The summed E-state index contributed by atoms with van der Waals surface area (Å²) in [7, 11) is 0. The Hall–Kier alpha value is -2.79. The van der Waals surface area contributed by atoms with Crippen molar-refractivity contribution in [2.75, 3.05) is 5.32 Å². The molecule has 0 amide bonds. The lowest BCUT2D eigenvalue weighted by molar-refractivity contribution is 0.966. The van der Waals surface area contributed by atoms with Crippen molar-refractivity contribution >= 4 is 34.0 Å². The van der Waals surface area contributed by atoms with E-state index in [2.05, 4.69) is 84.0 Å². The molecule has 0 aliphatic heterocycles. The summed E-state index contributed by atoms with van der Waals surface area (Å²) in [4.78, 5) is 5.98. The number of nitrogens with zero attached hydrogens (tertiary/aromatic N) is 2. The second-order valence-electron chi connectivity index (χ2n) is 7.44. The molecule has 0 radical (unpaired) electrons. The summed E-state index contributed by atoms with van der Waals surface area (Å²) in [5, 5.41) is 14.6. The third kappa shape index (κ3) is 3.50. The number of aromatic nitrogens is 3. The molecule has 0 bridgehead atoms. The van der Waals surface area contributed by atoms with E-state index in [9.17, 15) is 0 Å². The summed E-state index contributed by atoms with van der Waals surface area (Å²) in [6.07, 6.45) is 2.53. The number of benzene rings is 2. The maximum absolute atomic E-state index is 4.79. The normalized spacial score (nSPS) is 13.8. The molecule has 1 aliphatic carbocycles. The molecule has 1 fully saturated rings. The van der Waals surface area contributed by atoms with Crippen molar-refractivity contribution < 1.29 is 0 Å². The second-order valence-corrected chi connectivity index (χ2v) is 8.53. The number of nitrogens with one attached hydrogen (secondary N) is 2. The number of anilines is 2. The van der Waals surface area contributed by atoms with E-state index >= 15 is 0 Å². The number of aromatic amines is 1. The fraction of sp³-hybridized carbons (Fsp3) is 0.217. The highest BCUT2D eigenvalue weighted by molar-refractivity contribution is 7.99. The molecule has 0 spiro atoms. The Labute approximate surface area is 168 Å². The fourth-order valence-electron chi connectivity index (χ4n) is 3.38. The van der Waals surface area contributed by atoms with Gasteiger partial charge in [0.1, 0.15) is 5.03 Å². The fourth-order valence-corrected chi connectivity index (χ4v) is 4.31. The van der Waals surface area contributed by atoms with Crippen molar-refractivity contribution in [3.8, 4) is 0 Å². The van der Waals surface area contributed by atoms with E-state index in [4.69, 9.17) is 4.98 Å². The predicted octanol–water partition coefficient (Wildman–Crippen LogP) is 6.35. The van der Waals surface area contributed by atoms with E-state index in [1.807, 2.05) is 0 Å². The SMILES string of the molecule is Cc1nc(Sc2ccc3ccccc3c2)cc(Nc2cc(C3CC3)[nH]n2)c1C. The molecule has 2 N–H and O–H groups in total. The average Bonchev–Trinajstić information content (AvgIpc) is 3.45. The largest absolute Gasteiger partial charge is 0.338 e. The van der Waals surface area contributed by atoms with Crippen LogP contribution >= 0.6 is 11.8 Å². The van der Waals surface area contributed by atoms with Gasteiger partial charge in [-0.05, 0) is 61.2 Å². The van der Waals surface area contributed by atoms with Crippen LogP contribution in [0.3, 0.4) is 0 Å². The molecular weight excluding hydrogens is 364 g/mol. The molecule has 2 heterocycles. The van der Waals surface area contributed by atoms with Crippen LogP contribution in [-0.2, 0) is 0 Å². The average molecular weight is 387 g/mol. The zero-order valence-electron chi connectivity index (χ0n) is 16.0. The van der Waals surface area contributed by atoms with Gasteiger partial charge in [0.2, 0.25) is 0 Å². The molecule has 2 aromatic heterocycles. The first-order valence-corrected chi connectivity index (χ1v) is 10.4. The predicted molar refractivity (Wildman–Crippen MR) is 116 cm³/mol. The summed E-state index contributed by atoms with van der Waals surface area (Å²) < 4.78 is 0. The number of hydrogen-bond acceptors (Lipinski definition) is 4. The molecule has 0 atom stereocenters. The highest BCUT2D eigenvalue weighted by Gasteiger charge is 2.25. The van der Waals surface area contributed by atoms with E-state index in [0.29, 0.717) is 5.92 Å². The molecule has 0 unspecified atom stereocenters. The third-order valence-electron chi connectivity index (χ3n) is 5.31. The molecule has 1 aliphatic rings. The molecule has 5 rings (SSSR count). The molecule has 0 saturated heterocycles. The lowest BCUT2D eigenvalue weighted by atomic mass is 10.1. The molecular formula is C23H22N4S. The maximum Gasteiger partial charge on any atom is 0.152 e. The minimum Gasteiger partial charge on any atom is -0.338 e. The van der Waals surface area contributed by atoms with Gasteiger partial charge in [0.05, 0.1) is 0 Å². The lowest BCUT2D eigenvalue weighted by Crippen LogP contribution is -1.98. The summed E-state index contributed by atoms with van der Waals surface area (Å²) in [6.45, 7) is 4.16. The minimum absolute atomic E-state index is 0.669. The van der Waals surface area contributed by atoms with Gasteiger partial charge in [-0.15, -0.1) is 0 Å². The lowest BCUT2D eigenvalue weighted by Gasteiger charge is -2.12. The Morgan fingerprint density at radius 3 is 2.64 bits per heavy atom. The van der Waals surface area contributed by atoms with Crippen LogP contribution in [0.4, 0.5) is 11.5 Å². The number of hydrogen-bond donors (Lipinski definition) is 2. The summed E-state index contributed by atoms with van der Waals surface area (Å²) in [5.41, 5.74) is 4.48. The third-order valence-corrected chi connectivity index (χ3v) is 6.22. The van der Waals surface area contributed by atoms with E-state index in [0.717, 1.165) is 27.8 Å². The van der Waals surface area contributed by atoms with Gasteiger partial charge in [-0.2, -0.15) is 5.10 Å². The first-order valence-electron chi connectivity index (χ1n) is 9.63. The highest BCUT2D eigenvalue weighted by Crippen LogP contribution is 2.40. The molecule has 140 valence electrons. The number of rotatable bonds is 5. The van der Waals surface area contributed by atoms with Gasteiger partial charge in [0.25, 0.3) is 0 Å². The van der Waals surface area contributed by atoms with Crippen molar-refractivity contribution in [3.05, 3.63) is 71.5 Å². The molecule has 1 saturated carbocycles. The van der Waals surface area contributed by atoms with Crippen LogP contribution in [-0.4, -0.2) is 15.2 Å². The molecule has 28 heavy (non-hydrogen) atoms. The number of aryl methyl sites for hydroxylation is 1. The van der Waals surface area contributed by atoms with Crippen molar-refractivity contribution in [3.63, 3.8) is 0 Å². The van der Waals surface area contributed by atoms with E-state index in [1.54, 1.807) is 11.8 Å². The maximum atomic E-state index is 4.79. The molecule has 4 nitrogen and oxygen atoms in total. The van der Waals surface area contributed by atoms with Gasteiger partial charge in [0, 0.05) is 34.0 Å². The van der Waals surface area contributed by atoms with Gasteiger partial charge in [0.15, 0.2) is 5.82 Å². The van der Waals surface area contributed by atoms with Gasteiger partial charge in [-0.1, -0.05) is 42.1 Å². The van der Waals surface area contributed by atoms with Crippen LogP contribution in [0, 0.1) is 13.8 Å². The zero-order chi connectivity index (χ0) is 19.1. The highest BCUT2D eigenvalue weighted by atomic mass is 32.2. The van der Waals surface area contributed by atoms with E-state index in [1.165, 1.54) is 34.2 Å². The monoisotopic (exact) mass is 386 g/mol. The Kier molecular flexibility index (Phi) is 4.32. The van der Waals surface area contributed by atoms with E-state index in [-0.39, 0.29) is 0 Å². The summed E-state index contributed by atoms with van der Waals surface area (Å²) in [5.74, 6) is 1.54. The van der Waals surface area contributed by atoms with Crippen molar-refractivity contribution in [1.29, 1.82) is 0 Å². The number of fused-ring (bicyclic) bond motifs is 1. The molecule has 2 aromatic carbocycles. The van der Waals surface area contributed by atoms with Gasteiger partial charge in [-0.3, -0.25) is 5.10 Å². The van der Waals surface area contributed by atoms with Gasteiger partial charge in [-0.25, -0.2) is 4.98 Å². The first kappa shape index (κ1) is 17.3. The van der Waals surface area contributed by atoms with Crippen molar-refractivity contribution in [2.45, 2.75) is 42.5 Å². The topological polar surface area (TPSA) is 53.6 Å². The van der Waals surface area contributed by atoms with Crippen molar-refractivity contribution in [1.82, 2.24) is 15.2 Å². The molecule has 4 aromatic rings. The van der Waals surface area contributed by atoms with Crippen LogP contribution in [0.5, 0.6) is 0 Å². The van der Waals surface area contributed by atoms with Crippen LogP contribution in [0.25, 0.3) is 10.8 Å². The number of pyridine rings is 1. The van der Waals surface area contributed by atoms with Gasteiger partial charge >= 0.3 is 0 Å². The van der Waals surface area contributed by atoms with Crippen LogP contribution in [0.2, 0.25) is 0 Å². The molecule has 5 heteroatoms. The van der Waals surface area contributed by atoms with Crippen LogP contribution in [0.1, 0.15) is 35.7 Å². The second kappa shape index (κ2) is 6.99. The zero-order valence-corrected chi connectivity index (χ0v) is 16.8. The smallest absolute Gasteiger partial charge is 0.152 e. The Morgan fingerprint density at radius 2 is 1.82 bits per heavy atom. The Balaban J connectivity index is 1.42.